The number of nitrogens with zero attached hydrogens (tertiary/aromatic N) is 2. The Balaban J connectivity index is 1.69. The van der Waals surface area contributed by atoms with E-state index in [1.165, 1.54) is 0 Å². The zero-order valence-corrected chi connectivity index (χ0v) is 16.6. The summed E-state index contributed by atoms with van der Waals surface area (Å²) in [5.74, 6) is -0.226. The summed E-state index contributed by atoms with van der Waals surface area (Å²) in [6.07, 6.45) is 1.75. The third kappa shape index (κ3) is 4.52. The van der Waals surface area contributed by atoms with Gasteiger partial charge >= 0.3 is 0 Å². The van der Waals surface area contributed by atoms with Gasteiger partial charge in [-0.1, -0.05) is 30.3 Å². The van der Waals surface area contributed by atoms with Gasteiger partial charge < -0.3 is 19.9 Å². The van der Waals surface area contributed by atoms with E-state index in [4.69, 9.17) is 4.74 Å². The second-order valence-corrected chi connectivity index (χ2v) is 7.61. The topological polar surface area (TPSA) is 79.0 Å². The fraction of sp³-hybridized carbons (Fsp3) is 0.571. The SMILES string of the molecule is CC(C)N1C(=O)CO[C@H](C(=O)NCCN2CCCCC2=O)[C@H]1c1ccccc1. The summed E-state index contributed by atoms with van der Waals surface area (Å²) in [6, 6.07) is 8.98. The van der Waals surface area contributed by atoms with Crippen LogP contribution in [-0.2, 0) is 19.1 Å². The average Bonchev–Trinajstić information content (AvgIpc) is 2.69. The monoisotopic (exact) mass is 387 g/mol. The minimum Gasteiger partial charge on any atom is -0.356 e. The van der Waals surface area contributed by atoms with Crippen LogP contribution < -0.4 is 5.32 Å². The fourth-order valence-electron chi connectivity index (χ4n) is 3.95. The van der Waals surface area contributed by atoms with Crippen LogP contribution >= 0.6 is 0 Å². The molecule has 2 saturated heterocycles. The first kappa shape index (κ1) is 20.3. The summed E-state index contributed by atoms with van der Waals surface area (Å²) < 4.78 is 5.68. The lowest BCUT2D eigenvalue weighted by Crippen LogP contribution is -2.56. The first-order valence-corrected chi connectivity index (χ1v) is 10.0. The van der Waals surface area contributed by atoms with E-state index >= 15 is 0 Å². The Morgan fingerprint density at radius 2 is 1.93 bits per heavy atom. The Kier molecular flexibility index (Phi) is 6.67. The number of likely N-dealkylation sites (tertiary alicyclic amines) is 1. The van der Waals surface area contributed by atoms with Crippen molar-refractivity contribution in [1.82, 2.24) is 15.1 Å². The minimum atomic E-state index is -0.778. The Morgan fingerprint density at radius 1 is 1.18 bits per heavy atom. The number of benzene rings is 1. The summed E-state index contributed by atoms with van der Waals surface area (Å²) in [5, 5.41) is 2.90. The van der Waals surface area contributed by atoms with Crippen molar-refractivity contribution in [3.05, 3.63) is 35.9 Å². The maximum Gasteiger partial charge on any atom is 0.251 e. The molecule has 1 aromatic carbocycles. The van der Waals surface area contributed by atoms with Gasteiger partial charge in [0, 0.05) is 32.1 Å². The zero-order valence-electron chi connectivity index (χ0n) is 16.6. The summed E-state index contributed by atoms with van der Waals surface area (Å²) in [7, 11) is 0. The van der Waals surface area contributed by atoms with E-state index in [1.54, 1.807) is 9.80 Å². The van der Waals surface area contributed by atoms with Gasteiger partial charge in [-0.05, 0) is 32.3 Å². The lowest BCUT2D eigenvalue weighted by Gasteiger charge is -2.42. The van der Waals surface area contributed by atoms with E-state index in [0.29, 0.717) is 19.5 Å². The van der Waals surface area contributed by atoms with Crippen molar-refractivity contribution in [3.63, 3.8) is 0 Å². The van der Waals surface area contributed by atoms with Crippen molar-refractivity contribution in [2.45, 2.75) is 51.3 Å². The molecular weight excluding hydrogens is 358 g/mol. The van der Waals surface area contributed by atoms with Crippen LogP contribution in [0.15, 0.2) is 30.3 Å². The first-order chi connectivity index (χ1) is 13.5. The third-order valence-corrected chi connectivity index (χ3v) is 5.32. The molecule has 0 radical (unpaired) electrons. The Labute approximate surface area is 166 Å². The molecular formula is C21H29N3O4. The second-order valence-electron chi connectivity index (χ2n) is 7.61. The van der Waals surface area contributed by atoms with Crippen molar-refractivity contribution < 1.29 is 19.1 Å². The van der Waals surface area contributed by atoms with E-state index < -0.39 is 12.1 Å². The molecule has 1 aromatic rings. The van der Waals surface area contributed by atoms with Crippen molar-refractivity contribution in [3.8, 4) is 0 Å². The summed E-state index contributed by atoms with van der Waals surface area (Å²) in [5.41, 5.74) is 0.871. The van der Waals surface area contributed by atoms with Gasteiger partial charge in [-0.15, -0.1) is 0 Å². The van der Waals surface area contributed by atoms with Gasteiger partial charge in [0.1, 0.15) is 6.61 Å². The molecule has 2 aliphatic rings. The molecule has 3 amide bonds. The van der Waals surface area contributed by atoms with Gasteiger partial charge in [0.05, 0.1) is 6.04 Å². The van der Waals surface area contributed by atoms with Gasteiger partial charge in [-0.25, -0.2) is 0 Å². The molecule has 0 aromatic heterocycles. The predicted molar refractivity (Wildman–Crippen MR) is 104 cm³/mol. The van der Waals surface area contributed by atoms with Crippen LogP contribution in [0.4, 0.5) is 0 Å². The highest BCUT2D eigenvalue weighted by Gasteiger charge is 2.42. The van der Waals surface area contributed by atoms with Crippen molar-refractivity contribution in [2.75, 3.05) is 26.2 Å². The lowest BCUT2D eigenvalue weighted by atomic mass is 9.96. The molecule has 2 aliphatic heterocycles. The van der Waals surface area contributed by atoms with Crippen molar-refractivity contribution in [2.24, 2.45) is 0 Å². The van der Waals surface area contributed by atoms with E-state index in [1.807, 2.05) is 44.2 Å². The number of hydrogen-bond donors (Lipinski definition) is 1. The molecule has 2 fully saturated rings. The van der Waals surface area contributed by atoms with Crippen LogP contribution in [0.5, 0.6) is 0 Å². The standard InChI is InChI=1S/C21H29N3O4/c1-15(2)24-18(26)14-28-20(19(24)16-8-4-3-5-9-16)21(27)22-11-13-23-12-7-6-10-17(23)25/h3-5,8-9,15,19-20H,6-7,10-14H2,1-2H3,(H,22,27)/t19-,20+/m1/s1. The Bertz CT molecular complexity index is 707. The number of piperidine rings is 1. The van der Waals surface area contributed by atoms with Crippen LogP contribution in [0, 0.1) is 0 Å². The summed E-state index contributed by atoms with van der Waals surface area (Å²) >= 11 is 0. The number of rotatable bonds is 6. The molecule has 2 heterocycles. The normalized spacial score (nSPS) is 23.2. The average molecular weight is 387 g/mol. The molecule has 0 bridgehead atoms. The van der Waals surface area contributed by atoms with Gasteiger partial charge in [-0.2, -0.15) is 0 Å². The molecule has 7 heteroatoms. The molecule has 3 rings (SSSR count). The van der Waals surface area contributed by atoms with E-state index in [0.717, 1.165) is 24.9 Å². The predicted octanol–water partition coefficient (Wildman–Crippen LogP) is 1.49. The van der Waals surface area contributed by atoms with Gasteiger partial charge in [-0.3, -0.25) is 14.4 Å². The first-order valence-electron chi connectivity index (χ1n) is 10.0. The van der Waals surface area contributed by atoms with Gasteiger partial charge in [0.25, 0.3) is 5.91 Å². The lowest BCUT2D eigenvalue weighted by molar-refractivity contribution is -0.167. The molecule has 28 heavy (non-hydrogen) atoms. The number of carbonyl (C=O) groups is 3. The van der Waals surface area contributed by atoms with Crippen LogP contribution in [0.25, 0.3) is 0 Å². The fourth-order valence-corrected chi connectivity index (χ4v) is 3.95. The third-order valence-electron chi connectivity index (χ3n) is 5.32. The van der Waals surface area contributed by atoms with Crippen LogP contribution in [0.1, 0.15) is 44.7 Å². The maximum atomic E-state index is 12.9. The number of nitrogens with one attached hydrogen (secondary N) is 1. The minimum absolute atomic E-state index is 0.0529. The van der Waals surface area contributed by atoms with E-state index in [9.17, 15) is 14.4 Å². The number of carbonyl (C=O) groups excluding carboxylic acids is 3. The number of morpholine rings is 1. The van der Waals surface area contributed by atoms with Crippen molar-refractivity contribution in [1.29, 1.82) is 0 Å². The Hall–Kier alpha value is -2.41. The smallest absolute Gasteiger partial charge is 0.251 e. The van der Waals surface area contributed by atoms with Crippen LogP contribution in [0.3, 0.4) is 0 Å². The number of hydrogen-bond acceptors (Lipinski definition) is 4. The highest BCUT2D eigenvalue weighted by Crippen LogP contribution is 2.32. The molecule has 0 aliphatic carbocycles. The Morgan fingerprint density at radius 3 is 2.61 bits per heavy atom. The number of amides is 3. The molecule has 2 atom stereocenters. The van der Waals surface area contributed by atoms with Crippen molar-refractivity contribution >= 4 is 17.7 Å². The van der Waals surface area contributed by atoms with Gasteiger partial charge in [0.2, 0.25) is 11.8 Å². The number of ether oxygens (including phenoxy) is 1. The highest BCUT2D eigenvalue weighted by atomic mass is 16.5. The quantitative estimate of drug-likeness (QED) is 0.802. The van der Waals surface area contributed by atoms with Crippen LogP contribution in [-0.4, -0.2) is 65.9 Å². The van der Waals surface area contributed by atoms with Crippen LogP contribution in [0.2, 0.25) is 0 Å². The largest absolute Gasteiger partial charge is 0.356 e. The van der Waals surface area contributed by atoms with E-state index in [2.05, 4.69) is 5.32 Å². The zero-order chi connectivity index (χ0) is 20.1. The second kappa shape index (κ2) is 9.19. The summed E-state index contributed by atoms with van der Waals surface area (Å²) in [4.78, 5) is 40.8. The molecule has 0 spiro atoms. The molecule has 0 saturated carbocycles. The van der Waals surface area contributed by atoms with E-state index in [-0.39, 0.29) is 30.4 Å². The molecule has 152 valence electrons. The van der Waals surface area contributed by atoms with Gasteiger partial charge in [0.15, 0.2) is 6.10 Å². The maximum absolute atomic E-state index is 12.9. The molecule has 0 unspecified atom stereocenters. The summed E-state index contributed by atoms with van der Waals surface area (Å²) in [6.45, 7) is 5.40. The highest BCUT2D eigenvalue weighted by molar-refractivity contribution is 5.86. The molecule has 1 N–H and O–H groups in total. The molecule has 7 nitrogen and oxygen atoms in total.